The molecular formula is CaCl2F2O4P2. The first kappa shape index (κ1) is 18.8. The van der Waals surface area contributed by atoms with Gasteiger partial charge in [0.15, 0.2) is 0 Å². The molecule has 0 saturated heterocycles. The van der Waals surface area contributed by atoms with Gasteiger partial charge in [-0.05, 0) is 22.5 Å². The fourth-order valence-corrected chi connectivity index (χ4v) is 0. The zero-order chi connectivity index (χ0) is 9.00. The molecule has 2 unspecified atom stereocenters. The van der Waals surface area contributed by atoms with E-state index in [4.69, 9.17) is 18.9 Å². The second kappa shape index (κ2) is 7.48. The summed E-state index contributed by atoms with van der Waals surface area (Å²) in [7, 11) is -9.83. The van der Waals surface area contributed by atoms with Crippen molar-refractivity contribution in [3.63, 3.8) is 0 Å². The summed E-state index contributed by atoms with van der Waals surface area (Å²) >= 11 is 7.73. The monoisotopic (exact) mass is 274 g/mol. The molecule has 64 valence electrons. The van der Waals surface area contributed by atoms with E-state index in [2.05, 4.69) is 22.5 Å². The third-order valence-corrected chi connectivity index (χ3v) is 0. The molecule has 0 N–H and O–H groups in total. The minimum atomic E-state index is -4.92. The van der Waals surface area contributed by atoms with Crippen molar-refractivity contribution in [3.05, 3.63) is 0 Å². The van der Waals surface area contributed by atoms with Gasteiger partial charge in [0.1, 0.15) is 0 Å². The Kier molecular flexibility index (Phi) is 12.8. The van der Waals surface area contributed by atoms with Crippen LogP contribution in [0.2, 0.25) is 0 Å². The third kappa shape index (κ3) is 284. The maximum atomic E-state index is 10.5. The van der Waals surface area contributed by atoms with Gasteiger partial charge < -0.3 is 9.79 Å². The van der Waals surface area contributed by atoms with Crippen molar-refractivity contribution >= 4 is 74.3 Å². The Morgan fingerprint density at radius 2 is 1.00 bits per heavy atom. The maximum Gasteiger partial charge on any atom is 2.00 e. The van der Waals surface area contributed by atoms with Gasteiger partial charge in [0.2, 0.25) is 0 Å². The van der Waals surface area contributed by atoms with E-state index >= 15 is 0 Å². The van der Waals surface area contributed by atoms with Crippen LogP contribution in [0.3, 0.4) is 0 Å². The fraction of sp³-hybridized carbons (Fsp3) is 0. The molecule has 0 aromatic rings. The van der Waals surface area contributed by atoms with Gasteiger partial charge in [-0.2, -0.15) is 8.39 Å². The van der Waals surface area contributed by atoms with Crippen LogP contribution < -0.4 is 9.79 Å². The summed E-state index contributed by atoms with van der Waals surface area (Å²) in [5.74, 6) is 0. The molecule has 11 heteroatoms. The van der Waals surface area contributed by atoms with Crippen LogP contribution in [0.5, 0.6) is 0 Å². The normalized spacial score (nSPS) is 19.5. The standard InChI is InChI=1S/Ca.2ClFHO2P/c;2*1-5(2,3)4/h;2*(H,3,4)/q+2;;/p-2. The average molecular weight is 275 g/mol. The molecule has 0 aliphatic rings. The summed E-state index contributed by atoms with van der Waals surface area (Å²) in [4.78, 5) is 17.5. The Morgan fingerprint density at radius 3 is 1.00 bits per heavy atom. The van der Waals surface area contributed by atoms with Gasteiger partial charge in [-0.25, -0.2) is 0 Å². The van der Waals surface area contributed by atoms with Gasteiger partial charge in [0, 0.05) is 0 Å². The van der Waals surface area contributed by atoms with Gasteiger partial charge in [-0.1, -0.05) is 0 Å². The molecule has 0 bridgehead atoms. The Labute approximate surface area is 101 Å². The molecule has 0 fully saturated rings. The number of hydrogen-bond acceptors (Lipinski definition) is 4. The van der Waals surface area contributed by atoms with Gasteiger partial charge >= 0.3 is 37.7 Å². The molecule has 0 aliphatic heterocycles. The van der Waals surface area contributed by atoms with Gasteiger partial charge in [0.25, 0.3) is 14.1 Å². The van der Waals surface area contributed by atoms with Crippen molar-refractivity contribution in [3.8, 4) is 0 Å². The quantitative estimate of drug-likeness (QED) is 0.486. The number of halogens is 4. The predicted octanol–water partition coefficient (Wildman–Crippen LogP) is 0.945. The molecule has 0 amide bonds. The minimum Gasteiger partial charge on any atom is -0.763 e. The van der Waals surface area contributed by atoms with Crippen LogP contribution in [0.1, 0.15) is 0 Å². The molecule has 0 saturated carbocycles. The topological polar surface area (TPSA) is 80.3 Å². The van der Waals surface area contributed by atoms with E-state index in [1.54, 1.807) is 0 Å². The number of hydrogen-bond donors (Lipinski definition) is 0. The van der Waals surface area contributed by atoms with E-state index in [-0.39, 0.29) is 37.7 Å². The van der Waals surface area contributed by atoms with Crippen LogP contribution >= 0.6 is 36.5 Å². The SMILES string of the molecule is O=P([O-])(F)Cl.O=P([O-])(F)Cl.[Ca+2]. The van der Waals surface area contributed by atoms with E-state index in [0.29, 0.717) is 0 Å². The average Bonchev–Trinajstić information content (AvgIpc) is 1.12. The predicted molar refractivity (Wildman–Crippen MR) is 34.9 cm³/mol. The second-order valence-corrected chi connectivity index (χ2v) is 4.91. The molecule has 4 nitrogen and oxygen atoms in total. The first-order chi connectivity index (χ1) is 4.00. The first-order valence-corrected chi connectivity index (χ1v) is 6.25. The number of rotatable bonds is 0. The summed E-state index contributed by atoms with van der Waals surface area (Å²) in [6.07, 6.45) is 0. The van der Waals surface area contributed by atoms with E-state index < -0.39 is 14.1 Å². The van der Waals surface area contributed by atoms with E-state index in [0.717, 1.165) is 0 Å². The molecule has 0 rings (SSSR count). The minimum absolute atomic E-state index is 0. The molecule has 0 radical (unpaired) electrons. The molecule has 0 aliphatic carbocycles. The van der Waals surface area contributed by atoms with Crippen LogP contribution in [0.25, 0.3) is 0 Å². The smallest absolute Gasteiger partial charge is 0.763 e. The Balaban J connectivity index is -0.000000107. The van der Waals surface area contributed by atoms with Crippen molar-refractivity contribution in [2.24, 2.45) is 0 Å². The van der Waals surface area contributed by atoms with E-state index in [9.17, 15) is 8.39 Å². The van der Waals surface area contributed by atoms with Crippen molar-refractivity contribution in [2.45, 2.75) is 0 Å². The first-order valence-electron chi connectivity index (χ1n) is 1.41. The van der Waals surface area contributed by atoms with Crippen LogP contribution in [-0.4, -0.2) is 37.7 Å². The van der Waals surface area contributed by atoms with Crippen LogP contribution in [0, 0.1) is 0 Å². The summed E-state index contributed by atoms with van der Waals surface area (Å²) in [5.41, 5.74) is 0. The second-order valence-electron chi connectivity index (χ2n) is 0.829. The Hall–Kier alpha value is 2.08. The van der Waals surface area contributed by atoms with Crippen LogP contribution in [0.15, 0.2) is 0 Å². The van der Waals surface area contributed by atoms with Crippen molar-refractivity contribution < 1.29 is 27.3 Å². The molecule has 2 atom stereocenters. The van der Waals surface area contributed by atoms with Crippen molar-refractivity contribution in [1.29, 1.82) is 0 Å². The maximum absolute atomic E-state index is 10.5. The van der Waals surface area contributed by atoms with Crippen LogP contribution in [-0.2, 0) is 9.13 Å². The zero-order valence-electron chi connectivity index (χ0n) is 4.75. The summed E-state index contributed by atoms with van der Waals surface area (Å²) < 4.78 is 38.4. The fourth-order valence-electron chi connectivity index (χ4n) is 0. The van der Waals surface area contributed by atoms with Gasteiger partial charge in [-0.3, -0.25) is 9.13 Å². The molecule has 11 heavy (non-hydrogen) atoms. The van der Waals surface area contributed by atoms with E-state index in [1.165, 1.54) is 0 Å². The molecule has 0 heterocycles. The third-order valence-electron chi connectivity index (χ3n) is 0. The van der Waals surface area contributed by atoms with Crippen LogP contribution in [0.4, 0.5) is 8.39 Å². The summed E-state index contributed by atoms with van der Waals surface area (Å²) in [6, 6.07) is 0. The van der Waals surface area contributed by atoms with Crippen molar-refractivity contribution in [1.82, 2.24) is 0 Å². The molecular weight excluding hydrogens is 275 g/mol. The Morgan fingerprint density at radius 1 is 1.00 bits per heavy atom. The van der Waals surface area contributed by atoms with E-state index in [1.807, 2.05) is 0 Å². The summed E-state index contributed by atoms with van der Waals surface area (Å²) in [6.45, 7) is 0. The van der Waals surface area contributed by atoms with Crippen molar-refractivity contribution in [2.75, 3.05) is 0 Å². The summed E-state index contributed by atoms with van der Waals surface area (Å²) in [5, 5.41) is 0. The molecule has 0 aromatic carbocycles. The molecule has 0 aromatic heterocycles. The molecule has 0 spiro atoms. The van der Waals surface area contributed by atoms with Gasteiger partial charge in [0.05, 0.1) is 0 Å². The van der Waals surface area contributed by atoms with Gasteiger partial charge in [-0.15, -0.1) is 0 Å². The largest absolute Gasteiger partial charge is 2.00 e. The zero-order valence-corrected chi connectivity index (χ0v) is 10.3. The Bertz CT molecular complexity index is 136.